The minimum Gasteiger partial charge on any atom is -0.376 e. The SMILES string of the molecule is CC=C(C)[PH](=O)OC(C)(C)CCOC(C)(C)CCNC(=O)CCCCC(=O)N1Cc2ccccc2-c2c(nnn2CCC(C)(C)OCC)-c2ccccc21. The molecule has 1 unspecified atom stereocenters. The number of para-hydroxylation sites is 1. The molecule has 1 aromatic heterocycles. The number of fused-ring (bicyclic) bond motifs is 5. The van der Waals surface area contributed by atoms with E-state index in [2.05, 4.69) is 41.6 Å². The molecule has 1 N–H and O–H groups in total. The Morgan fingerprint density at radius 3 is 2.28 bits per heavy atom. The molecule has 0 fully saturated rings. The number of hydrogen-bond acceptors (Lipinski definition) is 8. The molecule has 4 rings (SSSR count). The molecule has 54 heavy (non-hydrogen) atoms. The summed E-state index contributed by atoms with van der Waals surface area (Å²) in [5.74, 6) is -0.0352. The first-order valence-electron chi connectivity index (χ1n) is 19.4. The van der Waals surface area contributed by atoms with E-state index in [0.29, 0.717) is 71.4 Å². The lowest BCUT2D eigenvalue weighted by atomic mass is 9.95. The Hall–Kier alpha value is -3.63. The summed E-state index contributed by atoms with van der Waals surface area (Å²) in [4.78, 5) is 28.5. The Labute approximate surface area is 323 Å². The molecule has 1 aliphatic heterocycles. The van der Waals surface area contributed by atoms with Crippen molar-refractivity contribution in [3.8, 4) is 22.5 Å². The van der Waals surface area contributed by atoms with Crippen LogP contribution in [0, 0.1) is 0 Å². The number of amides is 2. The molecule has 11 nitrogen and oxygen atoms in total. The molecule has 12 heteroatoms. The highest BCUT2D eigenvalue weighted by atomic mass is 31.1. The van der Waals surface area contributed by atoms with Gasteiger partial charge >= 0.3 is 0 Å². The molecule has 296 valence electrons. The fraction of sp³-hybridized carbons (Fsp3) is 0.571. The van der Waals surface area contributed by atoms with E-state index < -0.39 is 19.2 Å². The molecular weight excluding hydrogens is 701 g/mol. The number of allylic oxidation sites excluding steroid dienone is 2. The van der Waals surface area contributed by atoms with E-state index in [0.717, 1.165) is 45.5 Å². The molecule has 3 aromatic rings. The predicted octanol–water partition coefficient (Wildman–Crippen LogP) is 9.11. The zero-order chi connectivity index (χ0) is 39.5. The second-order valence-electron chi connectivity index (χ2n) is 15.9. The minimum atomic E-state index is -2.25. The van der Waals surface area contributed by atoms with Crippen LogP contribution in [0.1, 0.15) is 113 Å². The van der Waals surface area contributed by atoms with E-state index in [1.807, 2.05) is 101 Å². The maximum absolute atomic E-state index is 13.9. The first kappa shape index (κ1) is 43.1. The zero-order valence-electron chi connectivity index (χ0n) is 33.9. The smallest absolute Gasteiger partial charge is 0.227 e. The average molecular weight is 764 g/mol. The van der Waals surface area contributed by atoms with E-state index in [9.17, 15) is 14.2 Å². The molecule has 1 aliphatic rings. The summed E-state index contributed by atoms with van der Waals surface area (Å²) in [7, 11) is -2.25. The number of nitrogens with zero attached hydrogens (tertiary/aromatic N) is 4. The third kappa shape index (κ3) is 12.2. The Bertz CT molecular complexity index is 1780. The quantitative estimate of drug-likeness (QED) is 0.0893. The average Bonchev–Trinajstić information content (AvgIpc) is 3.53. The van der Waals surface area contributed by atoms with Crippen molar-refractivity contribution < 1.29 is 28.2 Å². The van der Waals surface area contributed by atoms with Gasteiger partial charge in [0.2, 0.25) is 19.8 Å². The van der Waals surface area contributed by atoms with Crippen LogP contribution < -0.4 is 10.2 Å². The second kappa shape index (κ2) is 19.3. The summed E-state index contributed by atoms with van der Waals surface area (Å²) in [6.07, 6.45) is 5.69. The van der Waals surface area contributed by atoms with E-state index in [-0.39, 0.29) is 17.4 Å². The van der Waals surface area contributed by atoms with E-state index >= 15 is 0 Å². The fourth-order valence-corrected chi connectivity index (χ4v) is 7.47. The van der Waals surface area contributed by atoms with Gasteiger partial charge in [0.15, 0.2) is 0 Å². The van der Waals surface area contributed by atoms with Gasteiger partial charge in [-0.05, 0) is 106 Å². The monoisotopic (exact) mass is 763 g/mol. The number of benzene rings is 2. The summed E-state index contributed by atoms with van der Waals surface area (Å²) >= 11 is 0. The van der Waals surface area contributed by atoms with Gasteiger partial charge in [-0.15, -0.1) is 5.10 Å². The minimum absolute atomic E-state index is 0.00361. The van der Waals surface area contributed by atoms with Crippen molar-refractivity contribution in [2.75, 3.05) is 24.7 Å². The largest absolute Gasteiger partial charge is 0.376 e. The number of carbonyl (C=O) groups is 2. The maximum atomic E-state index is 13.9. The van der Waals surface area contributed by atoms with Crippen LogP contribution in [0.3, 0.4) is 0 Å². The summed E-state index contributed by atoms with van der Waals surface area (Å²) in [5, 5.41) is 13.1. The summed E-state index contributed by atoms with van der Waals surface area (Å²) in [5.41, 5.74) is 4.08. The van der Waals surface area contributed by atoms with Crippen molar-refractivity contribution in [3.63, 3.8) is 0 Å². The maximum Gasteiger partial charge on any atom is 0.227 e. The van der Waals surface area contributed by atoms with Crippen molar-refractivity contribution in [1.82, 2.24) is 20.3 Å². The number of rotatable bonds is 20. The number of aryl methyl sites for hydroxylation is 1. The van der Waals surface area contributed by atoms with E-state index in [1.165, 1.54) is 0 Å². The Morgan fingerprint density at radius 2 is 1.56 bits per heavy atom. The number of carbonyl (C=O) groups excluding carboxylic acids is 2. The van der Waals surface area contributed by atoms with Gasteiger partial charge in [-0.2, -0.15) is 0 Å². The molecule has 2 aromatic carbocycles. The Balaban J connectivity index is 1.30. The normalized spacial score (nSPS) is 14.1. The lowest BCUT2D eigenvalue weighted by Crippen LogP contribution is -2.34. The van der Waals surface area contributed by atoms with Crippen LogP contribution in [0.2, 0.25) is 0 Å². The summed E-state index contributed by atoms with van der Waals surface area (Å²) in [6, 6.07) is 16.1. The van der Waals surface area contributed by atoms with Gasteiger partial charge < -0.3 is 24.2 Å². The standard InChI is InChI=1S/C42H62N5O6P/c1-10-31(3)54(50)53-42(8,9)26-29-52-40(4,5)24-27-43-36(48)22-16-17-23-37(49)46-30-32-18-12-13-19-33(32)39-38(34-20-14-15-21-35(34)46)44-45-47(39)28-25-41(6,7)51-11-2/h10,12-15,18-21,54H,11,16-17,22-30H2,1-9H3,(H,43,48). The number of unbranched alkanes of at least 4 members (excludes halogenated alkanes) is 1. The van der Waals surface area contributed by atoms with Crippen LogP contribution in [-0.2, 0) is 41.2 Å². The summed E-state index contributed by atoms with van der Waals surface area (Å²) in [6.45, 7) is 20.4. The second-order valence-corrected chi connectivity index (χ2v) is 17.5. The molecule has 0 bridgehead atoms. The van der Waals surface area contributed by atoms with Gasteiger partial charge in [0.1, 0.15) is 5.69 Å². The molecule has 0 radical (unpaired) electrons. The molecule has 2 heterocycles. The molecule has 1 atom stereocenters. The van der Waals surface area contributed by atoms with Crippen molar-refractivity contribution >= 4 is 25.5 Å². The number of ether oxygens (including phenoxy) is 2. The highest BCUT2D eigenvalue weighted by Gasteiger charge is 2.30. The van der Waals surface area contributed by atoms with Gasteiger partial charge in [0.25, 0.3) is 0 Å². The molecular formula is C42H62N5O6P. The highest BCUT2D eigenvalue weighted by Crippen LogP contribution is 2.42. The molecule has 0 saturated heterocycles. The Kier molecular flexibility index (Phi) is 15.4. The summed E-state index contributed by atoms with van der Waals surface area (Å²) < 4.78 is 32.2. The molecule has 2 amide bonds. The number of hydrogen-bond donors (Lipinski definition) is 1. The third-order valence-electron chi connectivity index (χ3n) is 9.96. The van der Waals surface area contributed by atoms with Crippen LogP contribution in [0.15, 0.2) is 59.9 Å². The van der Waals surface area contributed by atoms with Crippen LogP contribution in [0.4, 0.5) is 5.69 Å². The third-order valence-corrected chi connectivity index (χ3v) is 11.6. The Morgan fingerprint density at radius 1 is 0.889 bits per heavy atom. The molecule has 0 saturated carbocycles. The lowest BCUT2D eigenvalue weighted by molar-refractivity contribution is -0.122. The lowest BCUT2D eigenvalue weighted by Gasteiger charge is -2.29. The van der Waals surface area contributed by atoms with Gasteiger partial charge in [-0.3, -0.25) is 14.2 Å². The van der Waals surface area contributed by atoms with Crippen LogP contribution in [0.25, 0.3) is 22.5 Å². The van der Waals surface area contributed by atoms with Crippen molar-refractivity contribution in [1.29, 1.82) is 0 Å². The van der Waals surface area contributed by atoms with Crippen LogP contribution >= 0.6 is 8.03 Å². The molecule has 0 aliphatic carbocycles. The van der Waals surface area contributed by atoms with Crippen molar-refractivity contribution in [3.05, 3.63) is 65.5 Å². The first-order chi connectivity index (χ1) is 25.6. The van der Waals surface area contributed by atoms with Gasteiger partial charge in [0.05, 0.1) is 41.3 Å². The predicted molar refractivity (Wildman–Crippen MR) is 217 cm³/mol. The number of nitrogens with one attached hydrogen (secondary N) is 1. The first-order valence-corrected chi connectivity index (χ1v) is 20.7. The van der Waals surface area contributed by atoms with Gasteiger partial charge in [-0.25, -0.2) is 4.68 Å². The fourth-order valence-electron chi connectivity index (χ4n) is 6.47. The zero-order valence-corrected chi connectivity index (χ0v) is 34.9. The van der Waals surface area contributed by atoms with E-state index in [4.69, 9.17) is 14.0 Å². The van der Waals surface area contributed by atoms with E-state index in [1.54, 1.807) is 0 Å². The van der Waals surface area contributed by atoms with Gasteiger partial charge in [0, 0.05) is 49.0 Å². The number of aromatic nitrogens is 3. The van der Waals surface area contributed by atoms with Gasteiger partial charge in [-0.1, -0.05) is 53.8 Å². The highest BCUT2D eigenvalue weighted by molar-refractivity contribution is 7.44. The van der Waals surface area contributed by atoms with Crippen molar-refractivity contribution in [2.45, 2.75) is 137 Å². The van der Waals surface area contributed by atoms with Crippen molar-refractivity contribution in [2.24, 2.45) is 0 Å². The number of anilines is 1. The van der Waals surface area contributed by atoms with Crippen LogP contribution in [-0.4, -0.2) is 63.4 Å². The topological polar surface area (TPSA) is 125 Å². The van der Waals surface area contributed by atoms with Crippen LogP contribution in [0.5, 0.6) is 0 Å². The molecule has 0 spiro atoms.